The van der Waals surface area contributed by atoms with Crippen molar-refractivity contribution in [3.63, 3.8) is 0 Å². The molecule has 1 rings (SSSR count). The molecular weight excluding hydrogens is 312 g/mol. The predicted molar refractivity (Wildman–Crippen MR) is 85.1 cm³/mol. The van der Waals surface area contributed by atoms with Crippen molar-refractivity contribution >= 4 is 34.9 Å². The molecule has 0 bridgehead atoms. The van der Waals surface area contributed by atoms with E-state index in [1.54, 1.807) is 0 Å². The molecule has 0 radical (unpaired) electrons. The zero-order valence-corrected chi connectivity index (χ0v) is 13.8. The number of thiophene rings is 1. The standard InChI is InChI=1S/C14H21ClN2O3S/c1-3-14(4-2,12(18)19)9-17-13(20)16-8-7-10-5-6-11(15)21-10/h5-6H,3-4,7-9H2,1-2H3,(H,18,19)(H2,16,17,20). The highest BCUT2D eigenvalue weighted by Crippen LogP contribution is 2.25. The van der Waals surface area contributed by atoms with Gasteiger partial charge in [0.05, 0.1) is 9.75 Å². The van der Waals surface area contributed by atoms with E-state index in [-0.39, 0.29) is 12.6 Å². The molecule has 0 fully saturated rings. The van der Waals surface area contributed by atoms with Gasteiger partial charge in [-0.3, -0.25) is 4.79 Å². The SMILES string of the molecule is CCC(CC)(CNC(=O)NCCc1ccc(Cl)s1)C(=O)O. The Balaban J connectivity index is 2.34. The number of halogens is 1. The molecule has 1 heterocycles. The lowest BCUT2D eigenvalue weighted by Crippen LogP contribution is -2.46. The molecule has 0 saturated carbocycles. The number of amides is 2. The van der Waals surface area contributed by atoms with Crippen molar-refractivity contribution in [3.8, 4) is 0 Å². The molecule has 7 heteroatoms. The Bertz CT molecular complexity index is 486. The first kappa shape index (κ1) is 17.8. The molecule has 5 nitrogen and oxygen atoms in total. The molecule has 21 heavy (non-hydrogen) atoms. The van der Waals surface area contributed by atoms with Gasteiger partial charge >= 0.3 is 12.0 Å². The maximum absolute atomic E-state index is 11.7. The average molecular weight is 333 g/mol. The van der Waals surface area contributed by atoms with Crippen molar-refractivity contribution < 1.29 is 14.7 Å². The third-order valence-electron chi connectivity index (χ3n) is 3.68. The van der Waals surface area contributed by atoms with Crippen molar-refractivity contribution in [1.82, 2.24) is 10.6 Å². The molecule has 0 aliphatic carbocycles. The van der Waals surface area contributed by atoms with Gasteiger partial charge in [0.25, 0.3) is 0 Å². The molecule has 0 spiro atoms. The Morgan fingerprint density at radius 2 is 1.95 bits per heavy atom. The largest absolute Gasteiger partial charge is 0.481 e. The molecule has 0 saturated heterocycles. The Kier molecular flexibility index (Phi) is 6.98. The van der Waals surface area contributed by atoms with E-state index in [1.807, 2.05) is 26.0 Å². The molecule has 0 unspecified atom stereocenters. The molecule has 1 aromatic heterocycles. The van der Waals surface area contributed by atoms with Gasteiger partial charge < -0.3 is 15.7 Å². The maximum atomic E-state index is 11.7. The lowest BCUT2D eigenvalue weighted by Gasteiger charge is -2.26. The van der Waals surface area contributed by atoms with E-state index >= 15 is 0 Å². The van der Waals surface area contributed by atoms with Crippen LogP contribution in [-0.4, -0.2) is 30.2 Å². The molecule has 0 aliphatic rings. The van der Waals surface area contributed by atoms with E-state index < -0.39 is 11.4 Å². The highest BCUT2D eigenvalue weighted by molar-refractivity contribution is 7.16. The molecule has 0 aliphatic heterocycles. The molecule has 0 atom stereocenters. The number of nitrogens with one attached hydrogen (secondary N) is 2. The highest BCUT2D eigenvalue weighted by atomic mass is 35.5. The Morgan fingerprint density at radius 3 is 2.43 bits per heavy atom. The van der Waals surface area contributed by atoms with Crippen LogP contribution in [-0.2, 0) is 11.2 Å². The smallest absolute Gasteiger partial charge is 0.314 e. The van der Waals surface area contributed by atoms with E-state index in [9.17, 15) is 14.7 Å². The average Bonchev–Trinajstić information content (AvgIpc) is 2.86. The van der Waals surface area contributed by atoms with E-state index in [0.29, 0.717) is 25.8 Å². The second-order valence-electron chi connectivity index (χ2n) is 4.86. The minimum Gasteiger partial charge on any atom is -0.481 e. The highest BCUT2D eigenvalue weighted by Gasteiger charge is 2.35. The second kappa shape index (κ2) is 8.24. The van der Waals surface area contributed by atoms with Gasteiger partial charge in [0.15, 0.2) is 0 Å². The number of carboxylic acid groups (broad SMARTS) is 1. The molecule has 0 aromatic carbocycles. The predicted octanol–water partition coefficient (Wildman–Crippen LogP) is 3.13. The van der Waals surface area contributed by atoms with Crippen molar-refractivity contribution in [2.75, 3.05) is 13.1 Å². The number of aliphatic carboxylic acids is 1. The van der Waals surface area contributed by atoms with E-state index in [1.165, 1.54) is 11.3 Å². The fourth-order valence-corrected chi connectivity index (χ4v) is 3.06. The van der Waals surface area contributed by atoms with Crippen LogP contribution in [0.2, 0.25) is 4.34 Å². The quantitative estimate of drug-likeness (QED) is 0.684. The van der Waals surface area contributed by atoms with Gasteiger partial charge in [-0.15, -0.1) is 11.3 Å². The van der Waals surface area contributed by atoms with Gasteiger partial charge in [-0.05, 0) is 31.4 Å². The minimum atomic E-state index is -0.890. The zero-order chi connectivity index (χ0) is 15.9. The summed E-state index contributed by atoms with van der Waals surface area (Å²) in [7, 11) is 0. The summed E-state index contributed by atoms with van der Waals surface area (Å²) < 4.78 is 0.728. The number of carbonyl (C=O) groups is 2. The van der Waals surface area contributed by atoms with Crippen LogP contribution in [0.5, 0.6) is 0 Å². The zero-order valence-electron chi connectivity index (χ0n) is 12.2. The van der Waals surface area contributed by atoms with Crippen LogP contribution in [0.3, 0.4) is 0 Å². The first-order valence-corrected chi connectivity index (χ1v) is 8.12. The van der Waals surface area contributed by atoms with E-state index in [0.717, 1.165) is 9.21 Å². The summed E-state index contributed by atoms with van der Waals surface area (Å²) in [5.74, 6) is -0.874. The lowest BCUT2D eigenvalue weighted by atomic mass is 9.82. The van der Waals surface area contributed by atoms with Crippen molar-refractivity contribution in [1.29, 1.82) is 0 Å². The van der Waals surface area contributed by atoms with Crippen LogP contribution in [0.1, 0.15) is 31.6 Å². The van der Waals surface area contributed by atoms with Gasteiger partial charge in [0.2, 0.25) is 0 Å². The van der Waals surface area contributed by atoms with Gasteiger partial charge in [-0.2, -0.15) is 0 Å². The molecule has 118 valence electrons. The fraction of sp³-hybridized carbons (Fsp3) is 0.571. The van der Waals surface area contributed by atoms with Crippen molar-refractivity contribution in [2.45, 2.75) is 33.1 Å². The molecule has 2 amide bonds. The number of carboxylic acids is 1. The number of hydrogen-bond donors (Lipinski definition) is 3. The summed E-state index contributed by atoms with van der Waals surface area (Å²) in [6.07, 6.45) is 1.66. The molecular formula is C14H21ClN2O3S. The van der Waals surface area contributed by atoms with E-state index in [4.69, 9.17) is 11.6 Å². The summed E-state index contributed by atoms with van der Waals surface area (Å²) in [5, 5.41) is 14.6. The van der Waals surface area contributed by atoms with Crippen LogP contribution < -0.4 is 10.6 Å². The Morgan fingerprint density at radius 1 is 1.29 bits per heavy atom. The monoisotopic (exact) mass is 332 g/mol. The van der Waals surface area contributed by atoms with Crippen LogP contribution in [0.15, 0.2) is 12.1 Å². The summed E-state index contributed by atoms with van der Waals surface area (Å²) >= 11 is 7.31. The fourth-order valence-electron chi connectivity index (χ4n) is 1.98. The summed E-state index contributed by atoms with van der Waals surface area (Å²) in [6, 6.07) is 3.41. The first-order valence-electron chi connectivity index (χ1n) is 6.93. The third-order valence-corrected chi connectivity index (χ3v) is 4.97. The van der Waals surface area contributed by atoms with Gasteiger partial charge in [-0.1, -0.05) is 25.4 Å². The Labute approximate surface area is 133 Å². The Hall–Kier alpha value is -1.27. The van der Waals surface area contributed by atoms with Crippen molar-refractivity contribution in [2.24, 2.45) is 5.41 Å². The minimum absolute atomic E-state index is 0.131. The summed E-state index contributed by atoms with van der Waals surface area (Å²) in [6.45, 7) is 4.25. The number of rotatable bonds is 8. The van der Waals surface area contributed by atoms with Crippen LogP contribution in [0.4, 0.5) is 4.79 Å². The number of carbonyl (C=O) groups excluding carboxylic acids is 1. The lowest BCUT2D eigenvalue weighted by molar-refractivity contribution is -0.149. The third kappa shape index (κ3) is 5.21. The van der Waals surface area contributed by atoms with E-state index in [2.05, 4.69) is 10.6 Å². The summed E-state index contributed by atoms with van der Waals surface area (Å²) in [5.41, 5.74) is -0.890. The van der Waals surface area contributed by atoms with Crippen LogP contribution in [0.25, 0.3) is 0 Å². The molecule has 1 aromatic rings. The van der Waals surface area contributed by atoms with Crippen molar-refractivity contribution in [3.05, 3.63) is 21.3 Å². The topological polar surface area (TPSA) is 78.4 Å². The summed E-state index contributed by atoms with van der Waals surface area (Å²) in [4.78, 5) is 24.1. The van der Waals surface area contributed by atoms with Gasteiger partial charge in [0, 0.05) is 18.0 Å². The molecule has 3 N–H and O–H groups in total. The maximum Gasteiger partial charge on any atom is 0.314 e. The number of urea groups is 1. The van der Waals surface area contributed by atoms with Gasteiger partial charge in [0.1, 0.15) is 0 Å². The first-order chi connectivity index (χ1) is 9.93. The van der Waals surface area contributed by atoms with Gasteiger partial charge in [-0.25, -0.2) is 4.79 Å². The normalized spacial score (nSPS) is 11.2. The van der Waals surface area contributed by atoms with Crippen LogP contribution >= 0.6 is 22.9 Å². The van der Waals surface area contributed by atoms with Crippen LogP contribution in [0, 0.1) is 5.41 Å². The second-order valence-corrected chi connectivity index (χ2v) is 6.66. The number of hydrogen-bond acceptors (Lipinski definition) is 3.